The Morgan fingerprint density at radius 2 is 1.69 bits per heavy atom. The minimum Gasteiger partial charge on any atom is -0.495 e. The van der Waals surface area contributed by atoms with Gasteiger partial charge in [-0.2, -0.15) is 0 Å². The molecule has 26 heavy (non-hydrogen) atoms. The Bertz CT molecular complexity index is 915. The summed E-state index contributed by atoms with van der Waals surface area (Å²) >= 11 is 3.27. The number of hydroxylamine groups is 1. The number of methoxy groups -OCH3 is 2. The lowest BCUT2D eigenvalue weighted by molar-refractivity contribution is 0.0706. The minimum absolute atomic E-state index is 0.0487. The average Bonchev–Trinajstić information content (AvgIpc) is 2.66. The maximum atomic E-state index is 13.0. The standard InChI is InChI=1S/C16H17BrN2O6S/c1-19(11-6-4-10(5-7-11)16(20)18-21)26(22,23)15-8-12(17)13(24-2)9-14(15)25-3/h4-9,21H,1-3H3,(H,18,20). The van der Waals surface area contributed by atoms with Crippen LogP contribution in [-0.4, -0.2) is 40.8 Å². The molecule has 0 heterocycles. The van der Waals surface area contributed by atoms with E-state index in [1.807, 2.05) is 0 Å². The Morgan fingerprint density at radius 1 is 1.12 bits per heavy atom. The second-order valence-electron chi connectivity index (χ2n) is 5.10. The fourth-order valence-electron chi connectivity index (χ4n) is 2.21. The summed E-state index contributed by atoms with van der Waals surface area (Å²) in [4.78, 5) is 11.3. The van der Waals surface area contributed by atoms with Crippen molar-refractivity contribution in [1.29, 1.82) is 0 Å². The van der Waals surface area contributed by atoms with Gasteiger partial charge in [-0.1, -0.05) is 0 Å². The molecule has 8 nitrogen and oxygen atoms in total. The van der Waals surface area contributed by atoms with Crippen LogP contribution in [0.15, 0.2) is 45.8 Å². The number of carbonyl (C=O) groups is 1. The molecule has 0 aromatic heterocycles. The Kier molecular flexibility index (Phi) is 6.11. The van der Waals surface area contributed by atoms with Crippen LogP contribution in [0.1, 0.15) is 10.4 Å². The normalized spacial score (nSPS) is 11.0. The van der Waals surface area contributed by atoms with Crippen LogP contribution in [0.25, 0.3) is 0 Å². The molecule has 0 atom stereocenters. The molecule has 0 aliphatic rings. The van der Waals surface area contributed by atoms with Crippen LogP contribution in [0.2, 0.25) is 0 Å². The molecule has 0 aliphatic carbocycles. The second kappa shape index (κ2) is 7.94. The molecule has 0 fully saturated rings. The number of halogens is 1. The van der Waals surface area contributed by atoms with E-state index in [0.29, 0.717) is 15.9 Å². The maximum absolute atomic E-state index is 13.0. The Balaban J connectivity index is 2.46. The summed E-state index contributed by atoms with van der Waals surface area (Å²) in [5.41, 5.74) is 2.03. The van der Waals surface area contributed by atoms with E-state index >= 15 is 0 Å². The molecule has 2 aromatic carbocycles. The van der Waals surface area contributed by atoms with Gasteiger partial charge < -0.3 is 9.47 Å². The molecule has 1 amide bonds. The van der Waals surface area contributed by atoms with Gasteiger partial charge in [0.25, 0.3) is 15.9 Å². The molecule has 0 saturated carbocycles. The van der Waals surface area contributed by atoms with Crippen molar-refractivity contribution < 1.29 is 27.9 Å². The predicted molar refractivity (Wildman–Crippen MR) is 98.5 cm³/mol. The van der Waals surface area contributed by atoms with Gasteiger partial charge in [-0.05, 0) is 46.3 Å². The molecule has 140 valence electrons. The number of hydrogen-bond donors (Lipinski definition) is 2. The highest BCUT2D eigenvalue weighted by atomic mass is 79.9. The first-order valence-corrected chi connectivity index (χ1v) is 9.44. The van der Waals surface area contributed by atoms with E-state index in [4.69, 9.17) is 14.7 Å². The third-order valence-electron chi connectivity index (χ3n) is 3.67. The lowest BCUT2D eigenvalue weighted by Gasteiger charge is -2.21. The number of carbonyl (C=O) groups excluding carboxylic acids is 1. The number of nitrogens with one attached hydrogen (secondary N) is 1. The van der Waals surface area contributed by atoms with Crippen LogP contribution in [0.5, 0.6) is 11.5 Å². The van der Waals surface area contributed by atoms with Crippen molar-refractivity contribution in [1.82, 2.24) is 5.48 Å². The zero-order valence-corrected chi connectivity index (χ0v) is 16.6. The first-order chi connectivity index (χ1) is 12.3. The molecule has 10 heteroatoms. The number of anilines is 1. The molecule has 2 aromatic rings. The molecule has 0 radical (unpaired) electrons. The minimum atomic E-state index is -3.95. The Morgan fingerprint density at radius 3 is 2.19 bits per heavy atom. The van der Waals surface area contributed by atoms with Crippen molar-refractivity contribution >= 4 is 37.5 Å². The van der Waals surface area contributed by atoms with E-state index in [1.54, 1.807) is 0 Å². The fourth-order valence-corrected chi connectivity index (χ4v) is 4.22. The second-order valence-corrected chi connectivity index (χ2v) is 7.89. The van der Waals surface area contributed by atoms with Crippen molar-refractivity contribution in [3.63, 3.8) is 0 Å². The topological polar surface area (TPSA) is 105 Å². The van der Waals surface area contributed by atoms with E-state index in [2.05, 4.69) is 15.9 Å². The first kappa shape index (κ1) is 20.0. The SMILES string of the molecule is COc1cc(OC)c(S(=O)(=O)N(C)c2ccc(C(=O)NO)cc2)cc1Br. The average molecular weight is 445 g/mol. The summed E-state index contributed by atoms with van der Waals surface area (Å²) in [5.74, 6) is -0.126. The van der Waals surface area contributed by atoms with E-state index in [1.165, 1.54) is 63.1 Å². The van der Waals surface area contributed by atoms with Gasteiger partial charge in [0, 0.05) is 18.7 Å². The van der Waals surface area contributed by atoms with Crippen molar-refractivity contribution in [2.75, 3.05) is 25.6 Å². The van der Waals surface area contributed by atoms with Crippen molar-refractivity contribution in [2.45, 2.75) is 4.90 Å². The van der Waals surface area contributed by atoms with Crippen LogP contribution in [0.3, 0.4) is 0 Å². The number of nitrogens with zero attached hydrogens (tertiary/aromatic N) is 1. The summed E-state index contributed by atoms with van der Waals surface area (Å²) in [7, 11) is 0.262. The van der Waals surface area contributed by atoms with Crippen LogP contribution in [0.4, 0.5) is 5.69 Å². The van der Waals surface area contributed by atoms with Gasteiger partial charge in [0.05, 0.1) is 24.4 Å². The van der Waals surface area contributed by atoms with Gasteiger partial charge in [0.1, 0.15) is 16.4 Å². The molecular formula is C16H17BrN2O6S. The third-order valence-corrected chi connectivity index (χ3v) is 6.10. The summed E-state index contributed by atoms with van der Waals surface area (Å²) in [6, 6.07) is 8.57. The molecule has 0 aliphatic heterocycles. The van der Waals surface area contributed by atoms with Gasteiger partial charge >= 0.3 is 0 Å². The highest BCUT2D eigenvalue weighted by Gasteiger charge is 2.27. The van der Waals surface area contributed by atoms with Crippen molar-refractivity contribution in [3.05, 3.63) is 46.4 Å². The van der Waals surface area contributed by atoms with Gasteiger partial charge in [-0.3, -0.25) is 14.3 Å². The van der Waals surface area contributed by atoms with E-state index < -0.39 is 15.9 Å². The largest absolute Gasteiger partial charge is 0.495 e. The van der Waals surface area contributed by atoms with Crippen LogP contribution >= 0.6 is 15.9 Å². The zero-order chi connectivity index (χ0) is 19.5. The summed E-state index contributed by atoms with van der Waals surface area (Å²) < 4.78 is 37.9. The zero-order valence-electron chi connectivity index (χ0n) is 14.2. The van der Waals surface area contributed by atoms with E-state index in [-0.39, 0.29) is 16.2 Å². The fraction of sp³-hybridized carbons (Fsp3) is 0.188. The predicted octanol–water partition coefficient (Wildman–Crippen LogP) is 2.41. The summed E-state index contributed by atoms with van der Waals surface area (Å²) in [5, 5.41) is 8.64. The number of benzene rings is 2. The molecule has 0 spiro atoms. The van der Waals surface area contributed by atoms with Gasteiger partial charge in [-0.15, -0.1) is 0 Å². The van der Waals surface area contributed by atoms with Crippen LogP contribution < -0.4 is 19.3 Å². The highest BCUT2D eigenvalue weighted by molar-refractivity contribution is 9.10. The summed E-state index contributed by atoms with van der Waals surface area (Å²) in [6.45, 7) is 0. The lowest BCUT2D eigenvalue weighted by atomic mass is 10.2. The molecular weight excluding hydrogens is 428 g/mol. The first-order valence-electron chi connectivity index (χ1n) is 7.21. The van der Waals surface area contributed by atoms with Crippen LogP contribution in [-0.2, 0) is 10.0 Å². The molecule has 0 saturated heterocycles. The summed E-state index contributed by atoms with van der Waals surface area (Å²) in [6.07, 6.45) is 0. The van der Waals surface area contributed by atoms with Crippen LogP contribution in [0, 0.1) is 0 Å². The number of sulfonamides is 1. The maximum Gasteiger partial charge on any atom is 0.274 e. The third kappa shape index (κ3) is 3.76. The Hall–Kier alpha value is -2.30. The number of rotatable bonds is 6. The smallest absolute Gasteiger partial charge is 0.274 e. The number of ether oxygens (including phenoxy) is 2. The van der Waals surface area contributed by atoms with Gasteiger partial charge in [0.2, 0.25) is 0 Å². The lowest BCUT2D eigenvalue weighted by Crippen LogP contribution is -2.27. The van der Waals surface area contributed by atoms with Crippen molar-refractivity contribution in [3.8, 4) is 11.5 Å². The molecule has 0 unspecified atom stereocenters. The number of amides is 1. The van der Waals surface area contributed by atoms with E-state index in [0.717, 1.165) is 4.31 Å². The highest BCUT2D eigenvalue weighted by Crippen LogP contribution is 2.37. The van der Waals surface area contributed by atoms with Gasteiger partial charge in [-0.25, -0.2) is 13.9 Å². The van der Waals surface area contributed by atoms with E-state index in [9.17, 15) is 13.2 Å². The Labute approximate surface area is 159 Å². The van der Waals surface area contributed by atoms with Gasteiger partial charge in [0.15, 0.2) is 0 Å². The molecule has 0 bridgehead atoms. The van der Waals surface area contributed by atoms with Crippen molar-refractivity contribution in [2.24, 2.45) is 0 Å². The quantitative estimate of drug-likeness (QED) is 0.523. The molecule has 2 N–H and O–H groups in total. The number of hydrogen-bond acceptors (Lipinski definition) is 6. The monoisotopic (exact) mass is 444 g/mol. The molecule has 2 rings (SSSR count).